The van der Waals surface area contributed by atoms with Gasteiger partial charge in [0.05, 0.1) is 5.82 Å². The zero-order valence-corrected chi connectivity index (χ0v) is 8.81. The monoisotopic (exact) mass is 269 g/mol. The fourth-order valence-electron chi connectivity index (χ4n) is 1.06. The second kappa shape index (κ2) is 4.85. The molecule has 1 N–H and O–H groups in total. The van der Waals surface area contributed by atoms with E-state index >= 15 is 0 Å². The smallest absolute Gasteiger partial charge is 0.127 e. The molecule has 2 rings (SSSR count). The lowest BCUT2D eigenvalue weighted by molar-refractivity contribution is -0.419. The number of aromatic amines is 1. The van der Waals surface area contributed by atoms with Gasteiger partial charge < -0.3 is 10.1 Å². The third-order valence-electron chi connectivity index (χ3n) is 1.67. The number of nitro groups is 2. The Kier molecular flexibility index (Phi) is 3.09. The standard InChI is InChI=1S/C4H3N11O4/c16-14(17)9-3-5-2(6-7-3)1-13-4(8-11-12-13)10-15(18)19/h1H2,(H-2,5,6,7,8,9,10,12)/q-2. The first kappa shape index (κ1) is 12.1. The van der Waals surface area contributed by atoms with E-state index in [-0.39, 0.29) is 24.3 Å². The molecule has 0 unspecified atom stereocenters. The number of nitrogens with zero attached hydrogens (tertiary/aromatic N) is 10. The van der Waals surface area contributed by atoms with E-state index < -0.39 is 10.1 Å². The Morgan fingerprint density at radius 1 is 1.26 bits per heavy atom. The second-order valence-corrected chi connectivity index (χ2v) is 2.89. The SMILES string of the molecule is O=[N+]([O-])[N-]c1nc(Cn2nnnc2[N-][N+](=O)[O-])n[nH]1. The van der Waals surface area contributed by atoms with Crippen molar-refractivity contribution in [1.29, 1.82) is 0 Å². The average molecular weight is 269 g/mol. The van der Waals surface area contributed by atoms with Gasteiger partial charge in [-0.15, -0.1) is 10.4 Å². The Bertz CT molecular complexity index is 601. The number of rotatable bonds is 6. The molecule has 100 valence electrons. The van der Waals surface area contributed by atoms with Crippen molar-refractivity contribution < 1.29 is 10.1 Å². The summed E-state index contributed by atoms with van der Waals surface area (Å²) >= 11 is 0. The molecule has 0 fully saturated rings. The summed E-state index contributed by atoms with van der Waals surface area (Å²) in [6.45, 7) is -0.163. The van der Waals surface area contributed by atoms with Crippen LogP contribution in [0.3, 0.4) is 0 Å². The van der Waals surface area contributed by atoms with Crippen LogP contribution in [0.4, 0.5) is 11.9 Å². The third-order valence-corrected chi connectivity index (χ3v) is 1.67. The van der Waals surface area contributed by atoms with Crippen LogP contribution in [-0.4, -0.2) is 45.5 Å². The van der Waals surface area contributed by atoms with Crippen LogP contribution in [0.15, 0.2) is 0 Å². The average Bonchev–Trinajstić information content (AvgIpc) is 2.89. The lowest BCUT2D eigenvalue weighted by Crippen LogP contribution is -2.05. The quantitative estimate of drug-likeness (QED) is 0.516. The molecule has 0 atom stereocenters. The first-order chi connectivity index (χ1) is 9.04. The highest BCUT2D eigenvalue weighted by Crippen LogP contribution is 2.14. The van der Waals surface area contributed by atoms with Gasteiger partial charge >= 0.3 is 0 Å². The van der Waals surface area contributed by atoms with Crippen LogP contribution in [0, 0.1) is 20.2 Å². The van der Waals surface area contributed by atoms with Gasteiger partial charge in [0.15, 0.2) is 0 Å². The minimum Gasteiger partial charge on any atom is -0.339 e. The molecule has 0 aliphatic rings. The number of hydrogen-bond acceptors (Lipinski definition) is 9. The van der Waals surface area contributed by atoms with Gasteiger partial charge in [-0.2, -0.15) is 0 Å². The number of H-pyrrole nitrogens is 1. The zero-order chi connectivity index (χ0) is 13.8. The van der Waals surface area contributed by atoms with E-state index in [0.29, 0.717) is 0 Å². The molecule has 0 aromatic carbocycles. The van der Waals surface area contributed by atoms with E-state index in [1.807, 2.05) is 0 Å². The summed E-state index contributed by atoms with van der Waals surface area (Å²) < 4.78 is 0.946. The minimum atomic E-state index is -0.965. The zero-order valence-electron chi connectivity index (χ0n) is 8.81. The van der Waals surface area contributed by atoms with Crippen LogP contribution >= 0.6 is 0 Å². The van der Waals surface area contributed by atoms with Gasteiger partial charge in [0.1, 0.15) is 22.0 Å². The second-order valence-electron chi connectivity index (χ2n) is 2.89. The number of nitrogens with one attached hydrogen (secondary N) is 1. The highest BCUT2D eigenvalue weighted by molar-refractivity contribution is 5.26. The van der Waals surface area contributed by atoms with Crippen LogP contribution in [0.5, 0.6) is 0 Å². The van der Waals surface area contributed by atoms with Gasteiger partial charge in [-0.25, -0.2) is 30.4 Å². The summed E-state index contributed by atoms with van der Waals surface area (Å²) in [7, 11) is 0. The molecule has 0 bridgehead atoms. The number of aromatic nitrogens is 7. The molecule has 2 aromatic heterocycles. The lowest BCUT2D eigenvalue weighted by Gasteiger charge is -2.06. The molecule has 19 heavy (non-hydrogen) atoms. The number of tetrazole rings is 1. The molecule has 0 radical (unpaired) electrons. The molecular formula is C4H3N11O4-2. The van der Waals surface area contributed by atoms with E-state index in [9.17, 15) is 20.2 Å². The van der Waals surface area contributed by atoms with E-state index in [0.717, 1.165) is 4.68 Å². The topological polar surface area (TPSA) is 200 Å². The van der Waals surface area contributed by atoms with Crippen molar-refractivity contribution in [1.82, 2.24) is 35.4 Å². The normalized spacial score (nSPS) is 10.1. The molecule has 15 nitrogen and oxygen atoms in total. The first-order valence-corrected chi connectivity index (χ1v) is 4.44. The van der Waals surface area contributed by atoms with Crippen molar-refractivity contribution in [2.75, 3.05) is 0 Å². The lowest BCUT2D eigenvalue weighted by atomic mass is 10.6. The van der Waals surface area contributed by atoms with Gasteiger partial charge in [-0.05, 0) is 0 Å². The highest BCUT2D eigenvalue weighted by atomic mass is 16.7. The molecule has 2 aromatic rings. The maximum Gasteiger partial charge on any atom is 0.127 e. The van der Waals surface area contributed by atoms with Crippen molar-refractivity contribution in [3.05, 3.63) is 36.9 Å². The van der Waals surface area contributed by atoms with Crippen molar-refractivity contribution >= 4 is 11.9 Å². The van der Waals surface area contributed by atoms with Crippen LogP contribution < -0.4 is 0 Å². The Morgan fingerprint density at radius 3 is 2.68 bits per heavy atom. The first-order valence-electron chi connectivity index (χ1n) is 4.44. The maximum absolute atomic E-state index is 10.2. The van der Waals surface area contributed by atoms with Crippen LogP contribution in [0.1, 0.15) is 5.82 Å². The Labute approximate surface area is 102 Å². The molecule has 0 spiro atoms. The molecule has 15 heteroatoms. The Hall–Kier alpha value is -3.39. The predicted octanol–water partition coefficient (Wildman–Crippen LogP) is -0.767. The van der Waals surface area contributed by atoms with Crippen LogP contribution in [0.25, 0.3) is 10.9 Å². The van der Waals surface area contributed by atoms with E-state index in [4.69, 9.17) is 0 Å². The molecule has 0 aliphatic heterocycles. The largest absolute Gasteiger partial charge is 0.339 e. The minimum absolute atomic E-state index is 0.0488. The summed E-state index contributed by atoms with van der Waals surface area (Å²) in [5.74, 6) is -0.629. The van der Waals surface area contributed by atoms with Crippen LogP contribution in [-0.2, 0) is 6.54 Å². The van der Waals surface area contributed by atoms with E-state index in [2.05, 4.69) is 41.6 Å². The molecule has 0 saturated carbocycles. The molecule has 2 heterocycles. The van der Waals surface area contributed by atoms with Gasteiger partial charge in [0.25, 0.3) is 0 Å². The van der Waals surface area contributed by atoms with E-state index in [1.54, 1.807) is 0 Å². The summed E-state index contributed by atoms with van der Waals surface area (Å²) in [6, 6.07) is 0. The fourth-order valence-corrected chi connectivity index (χ4v) is 1.06. The van der Waals surface area contributed by atoms with Gasteiger partial charge in [-0.1, -0.05) is 10.9 Å². The predicted molar refractivity (Wildman–Crippen MR) is 53.3 cm³/mol. The fraction of sp³-hybridized carbons (Fsp3) is 0.250. The number of hydrogen-bond donors (Lipinski definition) is 1. The van der Waals surface area contributed by atoms with Crippen molar-refractivity contribution in [2.24, 2.45) is 0 Å². The van der Waals surface area contributed by atoms with Gasteiger partial charge in [-0.3, -0.25) is 4.68 Å². The maximum atomic E-state index is 10.2. The van der Waals surface area contributed by atoms with Crippen LogP contribution in [0.2, 0.25) is 0 Å². The van der Waals surface area contributed by atoms with Crippen molar-refractivity contribution in [2.45, 2.75) is 6.54 Å². The highest BCUT2D eigenvalue weighted by Gasteiger charge is 2.04. The summed E-state index contributed by atoms with van der Waals surface area (Å²) in [5.41, 5.74) is 5.80. The molecule has 0 aliphatic carbocycles. The summed E-state index contributed by atoms with van der Waals surface area (Å²) in [6.07, 6.45) is 0. The van der Waals surface area contributed by atoms with Gasteiger partial charge in [0.2, 0.25) is 0 Å². The van der Waals surface area contributed by atoms with Gasteiger partial charge in [0, 0.05) is 6.54 Å². The third kappa shape index (κ3) is 3.05. The Balaban J connectivity index is 2.08. The van der Waals surface area contributed by atoms with Crippen molar-refractivity contribution in [3.63, 3.8) is 0 Å². The Morgan fingerprint density at radius 2 is 2.00 bits per heavy atom. The molecule has 0 amide bonds. The van der Waals surface area contributed by atoms with E-state index in [1.165, 1.54) is 0 Å². The summed E-state index contributed by atoms with van der Waals surface area (Å²) in [5, 5.41) is 34.1. The summed E-state index contributed by atoms with van der Waals surface area (Å²) in [4.78, 5) is 23.9. The van der Waals surface area contributed by atoms with Crippen molar-refractivity contribution in [3.8, 4) is 0 Å². The molecule has 0 saturated heterocycles. The molecular weight excluding hydrogens is 266 g/mol.